The minimum Gasteiger partial charge on any atom is -0.507 e. The molecule has 0 fully saturated rings. The summed E-state index contributed by atoms with van der Waals surface area (Å²) in [5.41, 5.74) is 3.21. The van der Waals surface area contributed by atoms with Gasteiger partial charge in [-0.1, -0.05) is 35.9 Å². The summed E-state index contributed by atoms with van der Waals surface area (Å²) in [5, 5.41) is 9.63. The van der Waals surface area contributed by atoms with E-state index >= 15 is 0 Å². The molecule has 92 valence electrons. The lowest BCUT2D eigenvalue weighted by Crippen LogP contribution is -2.01. The summed E-state index contributed by atoms with van der Waals surface area (Å²) in [7, 11) is 1.29. The average molecular weight is 242 g/mol. The number of carbonyl (C=O) groups is 1. The van der Waals surface area contributed by atoms with Gasteiger partial charge in [0.05, 0.1) is 7.11 Å². The third-order valence-corrected chi connectivity index (χ3v) is 2.79. The number of methoxy groups -OCH3 is 1. The topological polar surface area (TPSA) is 46.5 Å². The Morgan fingerprint density at radius 3 is 2.28 bits per heavy atom. The first-order valence-corrected chi connectivity index (χ1v) is 5.60. The number of hydrogen-bond acceptors (Lipinski definition) is 3. The predicted octanol–water partition coefficient (Wildman–Crippen LogP) is 3.15. The second-order valence-corrected chi connectivity index (χ2v) is 4.09. The number of phenolic OH excluding ortho intramolecular Hbond substituents is 1. The van der Waals surface area contributed by atoms with Crippen LogP contribution in [0.4, 0.5) is 0 Å². The van der Waals surface area contributed by atoms with E-state index in [1.165, 1.54) is 18.7 Å². The normalized spacial score (nSPS) is 10.1. The van der Waals surface area contributed by atoms with Gasteiger partial charge in [-0.25, -0.2) is 4.79 Å². The van der Waals surface area contributed by atoms with Crippen LogP contribution < -0.4 is 0 Å². The molecule has 0 aliphatic carbocycles. The molecule has 0 heterocycles. The van der Waals surface area contributed by atoms with Crippen molar-refractivity contribution in [3.8, 4) is 16.9 Å². The lowest BCUT2D eigenvalue weighted by Gasteiger charge is -2.07. The summed E-state index contributed by atoms with van der Waals surface area (Å²) in [4.78, 5) is 11.5. The standard InChI is InChI=1S/C15H14O3/c1-10-3-5-11(6-4-10)12-7-8-14(16)13(9-12)15(17)18-2/h3-9,16H,1-2H3. The molecule has 0 unspecified atom stereocenters. The third kappa shape index (κ3) is 2.35. The van der Waals surface area contributed by atoms with Gasteiger partial charge in [0.15, 0.2) is 0 Å². The zero-order valence-electron chi connectivity index (χ0n) is 10.3. The van der Waals surface area contributed by atoms with E-state index in [4.69, 9.17) is 0 Å². The number of aromatic hydroxyl groups is 1. The summed E-state index contributed by atoms with van der Waals surface area (Å²) >= 11 is 0. The van der Waals surface area contributed by atoms with Gasteiger partial charge in [0, 0.05) is 0 Å². The Kier molecular flexibility index (Phi) is 3.33. The molecule has 2 aromatic rings. The molecule has 0 aliphatic rings. The van der Waals surface area contributed by atoms with E-state index < -0.39 is 5.97 Å². The maximum Gasteiger partial charge on any atom is 0.341 e. The molecular formula is C15H14O3. The van der Waals surface area contributed by atoms with Gasteiger partial charge in [0.25, 0.3) is 0 Å². The third-order valence-electron chi connectivity index (χ3n) is 2.79. The molecule has 0 amide bonds. The second-order valence-electron chi connectivity index (χ2n) is 4.09. The lowest BCUT2D eigenvalue weighted by molar-refractivity contribution is 0.0597. The molecule has 0 saturated carbocycles. The van der Waals surface area contributed by atoms with Crippen LogP contribution in [0.2, 0.25) is 0 Å². The van der Waals surface area contributed by atoms with E-state index in [0.29, 0.717) is 0 Å². The Morgan fingerprint density at radius 2 is 1.67 bits per heavy atom. The number of aryl methyl sites for hydroxylation is 1. The van der Waals surface area contributed by atoms with E-state index in [9.17, 15) is 9.90 Å². The molecule has 0 aliphatic heterocycles. The quantitative estimate of drug-likeness (QED) is 0.823. The molecule has 0 aromatic heterocycles. The Hall–Kier alpha value is -2.29. The fourth-order valence-electron chi connectivity index (χ4n) is 1.74. The smallest absolute Gasteiger partial charge is 0.341 e. The highest BCUT2D eigenvalue weighted by atomic mass is 16.5. The molecule has 3 heteroatoms. The first-order valence-electron chi connectivity index (χ1n) is 5.60. The first-order chi connectivity index (χ1) is 8.61. The highest BCUT2D eigenvalue weighted by molar-refractivity contribution is 5.94. The molecule has 18 heavy (non-hydrogen) atoms. The number of benzene rings is 2. The monoisotopic (exact) mass is 242 g/mol. The Labute approximate surface area is 106 Å². The highest BCUT2D eigenvalue weighted by Gasteiger charge is 2.12. The number of phenols is 1. The molecule has 0 saturated heterocycles. The van der Waals surface area contributed by atoms with Gasteiger partial charge in [-0.2, -0.15) is 0 Å². The predicted molar refractivity (Wildman–Crippen MR) is 69.6 cm³/mol. The minimum atomic E-state index is -0.540. The van der Waals surface area contributed by atoms with Crippen LogP contribution >= 0.6 is 0 Å². The van der Waals surface area contributed by atoms with Crippen LogP contribution in [0.3, 0.4) is 0 Å². The Balaban J connectivity index is 2.46. The van der Waals surface area contributed by atoms with Gasteiger partial charge in [0.2, 0.25) is 0 Å². The second kappa shape index (κ2) is 4.92. The number of carbonyl (C=O) groups excluding carboxylic acids is 1. The van der Waals surface area contributed by atoms with E-state index in [-0.39, 0.29) is 11.3 Å². The molecule has 2 rings (SSSR count). The van der Waals surface area contributed by atoms with Crippen LogP contribution in [0.5, 0.6) is 5.75 Å². The number of rotatable bonds is 2. The fourth-order valence-corrected chi connectivity index (χ4v) is 1.74. The van der Waals surface area contributed by atoms with Crippen LogP contribution in [0.15, 0.2) is 42.5 Å². The van der Waals surface area contributed by atoms with Gasteiger partial charge in [-0.05, 0) is 30.2 Å². The molecule has 2 aromatic carbocycles. The van der Waals surface area contributed by atoms with Crippen molar-refractivity contribution < 1.29 is 14.6 Å². The number of esters is 1. The van der Waals surface area contributed by atoms with Crippen LogP contribution in [0.25, 0.3) is 11.1 Å². The van der Waals surface area contributed by atoms with Crippen molar-refractivity contribution in [3.63, 3.8) is 0 Å². The van der Waals surface area contributed by atoms with Crippen molar-refractivity contribution in [2.75, 3.05) is 7.11 Å². The maximum absolute atomic E-state index is 11.5. The Morgan fingerprint density at radius 1 is 1.06 bits per heavy atom. The van der Waals surface area contributed by atoms with Gasteiger partial charge < -0.3 is 9.84 Å². The molecule has 0 bridgehead atoms. The van der Waals surface area contributed by atoms with Crippen molar-refractivity contribution in [3.05, 3.63) is 53.6 Å². The van der Waals surface area contributed by atoms with E-state index in [0.717, 1.165) is 11.1 Å². The van der Waals surface area contributed by atoms with Crippen molar-refractivity contribution >= 4 is 5.97 Å². The summed E-state index contributed by atoms with van der Waals surface area (Å²) in [5.74, 6) is -0.612. The summed E-state index contributed by atoms with van der Waals surface area (Å²) in [6.45, 7) is 2.01. The molecular weight excluding hydrogens is 228 g/mol. The first kappa shape index (κ1) is 12.2. The summed E-state index contributed by atoms with van der Waals surface area (Å²) < 4.78 is 4.63. The largest absolute Gasteiger partial charge is 0.507 e. The fraction of sp³-hybridized carbons (Fsp3) is 0.133. The van der Waals surface area contributed by atoms with Gasteiger partial charge in [0.1, 0.15) is 11.3 Å². The van der Waals surface area contributed by atoms with Gasteiger partial charge in [-0.3, -0.25) is 0 Å². The molecule has 3 nitrogen and oxygen atoms in total. The van der Waals surface area contributed by atoms with Crippen molar-refractivity contribution in [2.24, 2.45) is 0 Å². The highest BCUT2D eigenvalue weighted by Crippen LogP contribution is 2.26. The van der Waals surface area contributed by atoms with Crippen molar-refractivity contribution in [2.45, 2.75) is 6.92 Å². The SMILES string of the molecule is COC(=O)c1cc(-c2ccc(C)cc2)ccc1O. The van der Waals surface area contributed by atoms with E-state index in [1.807, 2.05) is 31.2 Å². The average Bonchev–Trinajstić information content (AvgIpc) is 2.39. The van der Waals surface area contributed by atoms with Crippen molar-refractivity contribution in [1.82, 2.24) is 0 Å². The van der Waals surface area contributed by atoms with Crippen LogP contribution in [0.1, 0.15) is 15.9 Å². The van der Waals surface area contributed by atoms with Crippen LogP contribution in [-0.4, -0.2) is 18.2 Å². The molecule has 1 N–H and O–H groups in total. The van der Waals surface area contributed by atoms with E-state index in [1.54, 1.807) is 12.1 Å². The number of hydrogen-bond donors (Lipinski definition) is 1. The zero-order chi connectivity index (χ0) is 13.1. The molecule has 0 radical (unpaired) electrons. The minimum absolute atomic E-state index is 0.0716. The molecule has 0 atom stereocenters. The van der Waals surface area contributed by atoms with Gasteiger partial charge >= 0.3 is 5.97 Å². The zero-order valence-corrected chi connectivity index (χ0v) is 10.3. The van der Waals surface area contributed by atoms with Crippen LogP contribution in [-0.2, 0) is 4.74 Å². The Bertz CT molecular complexity index is 571. The molecule has 0 spiro atoms. The maximum atomic E-state index is 11.5. The van der Waals surface area contributed by atoms with E-state index in [2.05, 4.69) is 4.74 Å². The lowest BCUT2D eigenvalue weighted by atomic mass is 10.0. The summed E-state index contributed by atoms with van der Waals surface area (Å²) in [6.07, 6.45) is 0. The summed E-state index contributed by atoms with van der Waals surface area (Å²) in [6, 6.07) is 12.9. The number of ether oxygens (including phenoxy) is 1. The van der Waals surface area contributed by atoms with Crippen molar-refractivity contribution in [1.29, 1.82) is 0 Å². The van der Waals surface area contributed by atoms with Crippen LogP contribution in [0, 0.1) is 6.92 Å². The van der Waals surface area contributed by atoms with Gasteiger partial charge in [-0.15, -0.1) is 0 Å².